The van der Waals surface area contributed by atoms with Gasteiger partial charge in [0.2, 0.25) is 5.91 Å². The summed E-state index contributed by atoms with van der Waals surface area (Å²) in [5.74, 6) is -0.377. The number of hydrogen-bond acceptors (Lipinski definition) is 8. The predicted molar refractivity (Wildman–Crippen MR) is 118 cm³/mol. The van der Waals surface area contributed by atoms with Gasteiger partial charge < -0.3 is 10.1 Å². The van der Waals surface area contributed by atoms with Crippen LogP contribution in [0.4, 0.5) is 5.13 Å². The number of ether oxygens (including phenoxy) is 1. The zero-order valence-electron chi connectivity index (χ0n) is 17.0. The highest BCUT2D eigenvalue weighted by atomic mass is 32.1. The van der Waals surface area contributed by atoms with Crippen molar-refractivity contribution in [3.63, 3.8) is 0 Å². The summed E-state index contributed by atoms with van der Waals surface area (Å²) < 4.78 is 4.71. The Morgan fingerprint density at radius 2 is 1.93 bits per heavy atom. The summed E-state index contributed by atoms with van der Waals surface area (Å²) in [5, 5.41) is 6.54. The van der Waals surface area contributed by atoms with Gasteiger partial charge in [0.25, 0.3) is 0 Å². The zero-order chi connectivity index (χ0) is 21.3. The average molecular weight is 443 g/mol. The summed E-state index contributed by atoms with van der Waals surface area (Å²) in [4.78, 5) is 36.3. The maximum absolute atomic E-state index is 12.5. The topological polar surface area (TPSA) is 84.4 Å². The molecule has 0 atom stereocenters. The highest BCUT2D eigenvalue weighted by Crippen LogP contribution is 2.32. The Labute approximate surface area is 182 Å². The summed E-state index contributed by atoms with van der Waals surface area (Å²) in [5.41, 5.74) is 3.47. The minimum Gasteiger partial charge on any atom is -0.465 e. The van der Waals surface area contributed by atoms with Crippen LogP contribution in [0.25, 0.3) is 10.6 Å². The van der Waals surface area contributed by atoms with Gasteiger partial charge >= 0.3 is 5.97 Å². The van der Waals surface area contributed by atoms with Crippen LogP contribution in [-0.4, -0.2) is 46.9 Å². The SMILES string of the molecule is COC(=O)c1ccc(CN2CC(C(=O)Nc3nc(-c4sc(C)nc4C)cs3)C2)cc1. The van der Waals surface area contributed by atoms with Gasteiger partial charge in [0.05, 0.1) is 39.9 Å². The quantitative estimate of drug-likeness (QED) is 0.586. The molecule has 0 aliphatic carbocycles. The van der Waals surface area contributed by atoms with E-state index in [9.17, 15) is 9.59 Å². The van der Waals surface area contributed by atoms with Crippen molar-refractivity contribution in [2.75, 3.05) is 25.5 Å². The molecule has 0 spiro atoms. The summed E-state index contributed by atoms with van der Waals surface area (Å²) >= 11 is 3.05. The van der Waals surface area contributed by atoms with Crippen LogP contribution in [0.2, 0.25) is 0 Å². The normalized spacial score (nSPS) is 14.4. The summed E-state index contributed by atoms with van der Waals surface area (Å²) in [6.07, 6.45) is 0. The first kappa shape index (κ1) is 20.6. The number of anilines is 1. The van der Waals surface area contributed by atoms with E-state index >= 15 is 0 Å². The lowest BCUT2D eigenvalue weighted by Gasteiger charge is -2.38. The maximum Gasteiger partial charge on any atom is 0.337 e. The van der Waals surface area contributed by atoms with Crippen LogP contribution in [-0.2, 0) is 16.1 Å². The number of aromatic nitrogens is 2. The van der Waals surface area contributed by atoms with Gasteiger partial charge in [0, 0.05) is 25.0 Å². The molecule has 3 aromatic rings. The number of likely N-dealkylation sites (tertiary alicyclic amines) is 1. The number of carbonyl (C=O) groups excluding carboxylic acids is 2. The van der Waals surface area contributed by atoms with Crippen LogP contribution < -0.4 is 5.32 Å². The van der Waals surface area contributed by atoms with Gasteiger partial charge in [-0.25, -0.2) is 14.8 Å². The summed E-state index contributed by atoms with van der Waals surface area (Å²) in [6, 6.07) is 7.36. The van der Waals surface area contributed by atoms with Gasteiger partial charge in [-0.3, -0.25) is 9.69 Å². The van der Waals surface area contributed by atoms with E-state index in [-0.39, 0.29) is 17.8 Å². The molecule has 1 aromatic carbocycles. The second kappa shape index (κ2) is 8.63. The first-order valence-corrected chi connectivity index (χ1v) is 11.2. The van der Waals surface area contributed by atoms with Gasteiger partial charge in [-0.15, -0.1) is 22.7 Å². The minimum absolute atomic E-state index is 0.00500. The molecule has 3 heterocycles. The molecule has 0 saturated carbocycles. The number of nitrogens with zero attached hydrogens (tertiary/aromatic N) is 3. The number of amides is 1. The number of esters is 1. The Bertz CT molecular complexity index is 1070. The van der Waals surface area contributed by atoms with Crippen molar-refractivity contribution >= 4 is 39.7 Å². The van der Waals surface area contributed by atoms with E-state index in [0.29, 0.717) is 23.8 Å². The lowest BCUT2D eigenvalue weighted by molar-refractivity contribution is -0.125. The molecule has 4 rings (SSSR count). The molecule has 0 bridgehead atoms. The fraction of sp³-hybridized carbons (Fsp3) is 0.333. The van der Waals surface area contributed by atoms with E-state index in [4.69, 9.17) is 4.74 Å². The van der Waals surface area contributed by atoms with Crippen molar-refractivity contribution in [3.8, 4) is 10.6 Å². The van der Waals surface area contributed by atoms with E-state index in [1.165, 1.54) is 18.4 Å². The van der Waals surface area contributed by atoms with Crippen LogP contribution in [0.3, 0.4) is 0 Å². The molecule has 7 nitrogen and oxygen atoms in total. The average Bonchev–Trinajstić information content (AvgIpc) is 3.29. The van der Waals surface area contributed by atoms with Crippen LogP contribution in [0.15, 0.2) is 29.6 Å². The third kappa shape index (κ3) is 4.43. The fourth-order valence-corrected chi connectivity index (χ4v) is 5.06. The molecule has 2 aromatic heterocycles. The maximum atomic E-state index is 12.5. The lowest BCUT2D eigenvalue weighted by Crippen LogP contribution is -2.51. The van der Waals surface area contributed by atoms with Gasteiger partial charge in [0.1, 0.15) is 0 Å². The zero-order valence-corrected chi connectivity index (χ0v) is 18.6. The largest absolute Gasteiger partial charge is 0.465 e. The monoisotopic (exact) mass is 442 g/mol. The van der Waals surface area contributed by atoms with Gasteiger partial charge in [-0.1, -0.05) is 12.1 Å². The number of methoxy groups -OCH3 is 1. The van der Waals surface area contributed by atoms with Crippen molar-refractivity contribution in [1.29, 1.82) is 0 Å². The van der Waals surface area contributed by atoms with Crippen molar-refractivity contribution in [2.24, 2.45) is 5.92 Å². The van der Waals surface area contributed by atoms with Crippen LogP contribution in [0.1, 0.15) is 26.6 Å². The molecule has 9 heteroatoms. The molecule has 0 unspecified atom stereocenters. The van der Waals surface area contributed by atoms with Gasteiger partial charge in [-0.2, -0.15) is 0 Å². The number of thiazole rings is 2. The van der Waals surface area contributed by atoms with E-state index in [2.05, 4.69) is 20.2 Å². The predicted octanol–water partition coefficient (Wildman–Crippen LogP) is 3.74. The Hall–Kier alpha value is -2.62. The highest BCUT2D eigenvalue weighted by Gasteiger charge is 2.33. The molecule has 0 radical (unpaired) electrons. The third-order valence-electron chi connectivity index (χ3n) is 4.98. The van der Waals surface area contributed by atoms with Crippen molar-refractivity contribution in [1.82, 2.24) is 14.9 Å². The minimum atomic E-state index is -0.340. The Morgan fingerprint density at radius 3 is 2.57 bits per heavy atom. The molecular formula is C21H22N4O3S2. The molecular weight excluding hydrogens is 420 g/mol. The van der Waals surface area contributed by atoms with Gasteiger partial charge in [0.15, 0.2) is 5.13 Å². The van der Waals surface area contributed by atoms with Crippen molar-refractivity contribution in [3.05, 3.63) is 51.5 Å². The number of carbonyl (C=O) groups is 2. The highest BCUT2D eigenvalue weighted by molar-refractivity contribution is 7.16. The van der Waals surface area contributed by atoms with Gasteiger partial charge in [-0.05, 0) is 31.5 Å². The first-order chi connectivity index (χ1) is 14.4. The number of nitrogens with one attached hydrogen (secondary N) is 1. The number of benzene rings is 1. The van der Waals surface area contributed by atoms with Crippen LogP contribution >= 0.6 is 22.7 Å². The van der Waals surface area contributed by atoms with E-state index in [1.807, 2.05) is 31.4 Å². The first-order valence-electron chi connectivity index (χ1n) is 9.53. The Morgan fingerprint density at radius 1 is 1.20 bits per heavy atom. The number of rotatable bonds is 6. The van der Waals surface area contributed by atoms with E-state index < -0.39 is 0 Å². The lowest BCUT2D eigenvalue weighted by atomic mass is 9.98. The number of aryl methyl sites for hydroxylation is 2. The van der Waals surface area contributed by atoms with E-state index in [0.717, 1.165) is 33.4 Å². The molecule has 1 saturated heterocycles. The van der Waals surface area contributed by atoms with Crippen molar-refractivity contribution < 1.29 is 14.3 Å². The van der Waals surface area contributed by atoms with Crippen molar-refractivity contribution in [2.45, 2.75) is 20.4 Å². The third-order valence-corrected chi connectivity index (χ3v) is 6.83. The molecule has 1 aliphatic heterocycles. The fourth-order valence-electron chi connectivity index (χ4n) is 3.40. The standard InChI is InChI=1S/C21H22N4O3S2/c1-12-18(30-13(2)22-12)17-11-29-21(23-17)24-19(26)16-9-25(10-16)8-14-4-6-15(7-5-14)20(27)28-3/h4-7,11,16H,8-10H2,1-3H3,(H,23,24,26). The van der Waals surface area contributed by atoms with Crippen LogP contribution in [0.5, 0.6) is 0 Å². The molecule has 30 heavy (non-hydrogen) atoms. The molecule has 1 aliphatic rings. The Kier molecular flexibility index (Phi) is 5.94. The molecule has 156 valence electrons. The van der Waals surface area contributed by atoms with Crippen LogP contribution in [0, 0.1) is 19.8 Å². The Balaban J connectivity index is 1.28. The summed E-state index contributed by atoms with van der Waals surface area (Å²) in [7, 11) is 1.37. The number of hydrogen-bond donors (Lipinski definition) is 1. The second-order valence-electron chi connectivity index (χ2n) is 7.25. The van der Waals surface area contributed by atoms with E-state index in [1.54, 1.807) is 23.5 Å². The molecule has 1 N–H and O–H groups in total. The smallest absolute Gasteiger partial charge is 0.337 e. The summed E-state index contributed by atoms with van der Waals surface area (Å²) in [6.45, 7) is 6.11. The molecule has 1 amide bonds. The second-order valence-corrected chi connectivity index (χ2v) is 9.32. The molecule has 1 fully saturated rings.